The van der Waals surface area contributed by atoms with E-state index < -0.39 is 0 Å². The number of hydrogen-bond donors (Lipinski definition) is 1. The molecule has 4 atom stereocenters. The Morgan fingerprint density at radius 3 is 2.35 bits per heavy atom. The molecule has 7 heteroatoms. The van der Waals surface area contributed by atoms with E-state index in [2.05, 4.69) is 19.8 Å². The van der Waals surface area contributed by atoms with Gasteiger partial charge in [-0.1, -0.05) is 0 Å². The van der Waals surface area contributed by atoms with Crippen molar-refractivity contribution >= 4 is 11.9 Å². The molecule has 0 aromatic carbocycles. The zero-order chi connectivity index (χ0) is 18.1. The second-order valence-corrected chi connectivity index (χ2v) is 8.09. The Kier molecular flexibility index (Phi) is 5.09. The zero-order valence-corrected chi connectivity index (χ0v) is 15.5. The van der Waals surface area contributed by atoms with Crippen molar-refractivity contribution < 1.29 is 9.90 Å². The second kappa shape index (κ2) is 7.48. The van der Waals surface area contributed by atoms with Gasteiger partial charge in [-0.2, -0.15) is 0 Å². The minimum Gasteiger partial charge on any atom is -0.393 e. The lowest BCUT2D eigenvalue weighted by molar-refractivity contribution is -0.133. The molecule has 1 N–H and O–H groups in total. The van der Waals surface area contributed by atoms with Crippen molar-refractivity contribution in [2.45, 2.75) is 37.8 Å². The normalized spacial score (nSPS) is 31.8. The third-order valence-corrected chi connectivity index (χ3v) is 6.47. The Labute approximate surface area is 155 Å². The summed E-state index contributed by atoms with van der Waals surface area (Å²) in [4.78, 5) is 27.7. The van der Waals surface area contributed by atoms with Crippen molar-refractivity contribution in [1.82, 2.24) is 19.8 Å². The zero-order valence-electron chi connectivity index (χ0n) is 15.5. The molecule has 142 valence electrons. The lowest BCUT2D eigenvalue weighted by atomic mass is 10.0. The molecule has 2 saturated carbocycles. The molecule has 26 heavy (non-hydrogen) atoms. The number of anilines is 1. The molecular weight excluding hydrogens is 330 g/mol. The molecule has 0 bridgehead atoms. The van der Waals surface area contributed by atoms with E-state index in [1.54, 1.807) is 12.4 Å². The third kappa shape index (κ3) is 3.69. The lowest BCUT2D eigenvalue weighted by Gasteiger charge is -2.35. The van der Waals surface area contributed by atoms with E-state index in [4.69, 9.17) is 0 Å². The molecule has 1 aliphatic heterocycles. The Morgan fingerprint density at radius 2 is 1.73 bits per heavy atom. The van der Waals surface area contributed by atoms with Crippen LogP contribution in [0.1, 0.15) is 25.7 Å². The molecule has 0 spiro atoms. The maximum absolute atomic E-state index is 12.7. The van der Waals surface area contributed by atoms with Gasteiger partial charge in [0.2, 0.25) is 11.9 Å². The van der Waals surface area contributed by atoms with E-state index in [1.165, 1.54) is 0 Å². The van der Waals surface area contributed by atoms with Gasteiger partial charge in [0.1, 0.15) is 0 Å². The number of amides is 1. The maximum atomic E-state index is 12.7. The molecule has 1 amide bonds. The predicted octanol–water partition coefficient (Wildman–Crippen LogP) is 0.607. The number of piperazine rings is 1. The van der Waals surface area contributed by atoms with Crippen LogP contribution in [0.5, 0.6) is 0 Å². The number of carbonyl (C=O) groups excluding carboxylic acids is 1. The largest absolute Gasteiger partial charge is 0.393 e. The number of aromatic nitrogens is 2. The Balaban J connectivity index is 1.24. The van der Waals surface area contributed by atoms with Gasteiger partial charge >= 0.3 is 0 Å². The van der Waals surface area contributed by atoms with Crippen molar-refractivity contribution in [2.24, 2.45) is 11.8 Å². The minimum absolute atomic E-state index is 0.114. The van der Waals surface area contributed by atoms with Crippen LogP contribution < -0.4 is 4.90 Å². The van der Waals surface area contributed by atoms with Gasteiger partial charge in [-0.25, -0.2) is 9.97 Å². The molecule has 2 unspecified atom stereocenters. The van der Waals surface area contributed by atoms with Crippen LogP contribution in [0.2, 0.25) is 0 Å². The van der Waals surface area contributed by atoms with E-state index in [9.17, 15) is 9.90 Å². The van der Waals surface area contributed by atoms with Crippen LogP contribution in [0.25, 0.3) is 0 Å². The molecule has 2 aliphatic carbocycles. The highest BCUT2D eigenvalue weighted by atomic mass is 16.3. The van der Waals surface area contributed by atoms with Gasteiger partial charge in [0.05, 0.1) is 12.6 Å². The standard InChI is InChI=1S/C19H29N5O2/c1-22(16-9-14-11-17(25)12-15(14)10-16)18(26)13-23-5-7-24(8-6-23)19-20-3-2-4-21-19/h2-4,14-17,25H,5-13H2,1H3/t14-,15+,16?,17?. The number of nitrogens with zero attached hydrogens (tertiary/aromatic N) is 5. The Bertz CT molecular complexity index is 606. The Morgan fingerprint density at radius 1 is 1.12 bits per heavy atom. The highest BCUT2D eigenvalue weighted by molar-refractivity contribution is 5.78. The van der Waals surface area contributed by atoms with Gasteiger partial charge in [-0.15, -0.1) is 0 Å². The SMILES string of the molecule is CN(C(=O)CN1CCN(c2ncccn2)CC1)C1C[C@H]2CC(O)C[C@H]2C1. The summed E-state index contributed by atoms with van der Waals surface area (Å²) in [6.07, 6.45) is 7.38. The van der Waals surface area contributed by atoms with Crippen LogP contribution in [-0.4, -0.2) is 82.7 Å². The first-order chi connectivity index (χ1) is 12.6. The van der Waals surface area contributed by atoms with Gasteiger partial charge < -0.3 is 14.9 Å². The summed E-state index contributed by atoms with van der Waals surface area (Å²) in [5.41, 5.74) is 0. The van der Waals surface area contributed by atoms with Gasteiger partial charge in [-0.3, -0.25) is 9.69 Å². The van der Waals surface area contributed by atoms with Crippen LogP contribution >= 0.6 is 0 Å². The predicted molar refractivity (Wildman–Crippen MR) is 98.7 cm³/mol. The number of hydrogen-bond acceptors (Lipinski definition) is 6. The molecular formula is C19H29N5O2. The van der Waals surface area contributed by atoms with Crippen LogP contribution in [0.15, 0.2) is 18.5 Å². The molecule has 3 fully saturated rings. The van der Waals surface area contributed by atoms with Crippen molar-refractivity contribution in [3.63, 3.8) is 0 Å². The Hall–Kier alpha value is -1.73. The maximum Gasteiger partial charge on any atom is 0.236 e. The van der Waals surface area contributed by atoms with E-state index in [0.717, 1.165) is 57.8 Å². The molecule has 2 heterocycles. The van der Waals surface area contributed by atoms with Crippen molar-refractivity contribution in [2.75, 3.05) is 44.7 Å². The van der Waals surface area contributed by atoms with Gasteiger partial charge in [0, 0.05) is 51.7 Å². The van der Waals surface area contributed by atoms with Crippen molar-refractivity contribution in [3.8, 4) is 0 Å². The monoisotopic (exact) mass is 359 g/mol. The van der Waals surface area contributed by atoms with Crippen molar-refractivity contribution in [3.05, 3.63) is 18.5 Å². The first-order valence-electron chi connectivity index (χ1n) is 9.78. The molecule has 3 aliphatic rings. The smallest absolute Gasteiger partial charge is 0.236 e. The third-order valence-electron chi connectivity index (χ3n) is 6.47. The van der Waals surface area contributed by atoms with Crippen LogP contribution in [0.3, 0.4) is 0 Å². The summed E-state index contributed by atoms with van der Waals surface area (Å²) in [5.74, 6) is 2.22. The fourth-order valence-electron chi connectivity index (χ4n) is 4.94. The van der Waals surface area contributed by atoms with E-state index in [0.29, 0.717) is 24.4 Å². The number of carbonyl (C=O) groups is 1. The number of aliphatic hydroxyl groups is 1. The summed E-state index contributed by atoms with van der Waals surface area (Å²) in [6.45, 7) is 3.92. The average Bonchev–Trinajstić information content (AvgIpc) is 3.20. The molecule has 1 aromatic rings. The highest BCUT2D eigenvalue weighted by Gasteiger charge is 2.43. The molecule has 1 saturated heterocycles. The minimum atomic E-state index is -0.114. The van der Waals surface area contributed by atoms with Crippen LogP contribution in [-0.2, 0) is 4.79 Å². The summed E-state index contributed by atoms with van der Waals surface area (Å²) in [6, 6.07) is 2.18. The van der Waals surface area contributed by atoms with E-state index in [1.807, 2.05) is 18.0 Å². The fraction of sp³-hybridized carbons (Fsp3) is 0.737. The highest BCUT2D eigenvalue weighted by Crippen LogP contribution is 2.45. The van der Waals surface area contributed by atoms with E-state index in [-0.39, 0.29) is 12.0 Å². The second-order valence-electron chi connectivity index (χ2n) is 8.09. The average molecular weight is 359 g/mol. The number of fused-ring (bicyclic) bond motifs is 1. The molecule has 0 radical (unpaired) electrons. The van der Waals surface area contributed by atoms with Crippen molar-refractivity contribution in [1.29, 1.82) is 0 Å². The summed E-state index contributed by atoms with van der Waals surface area (Å²) in [7, 11) is 1.96. The summed E-state index contributed by atoms with van der Waals surface area (Å²) in [5, 5.41) is 9.79. The van der Waals surface area contributed by atoms with Crippen LogP contribution in [0.4, 0.5) is 5.95 Å². The molecule has 4 rings (SSSR count). The first-order valence-corrected chi connectivity index (χ1v) is 9.78. The van der Waals surface area contributed by atoms with Gasteiger partial charge in [0.15, 0.2) is 0 Å². The first kappa shape index (κ1) is 17.7. The van der Waals surface area contributed by atoms with Crippen LogP contribution in [0, 0.1) is 11.8 Å². The fourth-order valence-corrected chi connectivity index (χ4v) is 4.94. The van der Waals surface area contributed by atoms with Gasteiger partial charge in [0.25, 0.3) is 0 Å². The molecule has 7 nitrogen and oxygen atoms in total. The molecule has 1 aromatic heterocycles. The van der Waals surface area contributed by atoms with E-state index >= 15 is 0 Å². The number of rotatable bonds is 4. The lowest BCUT2D eigenvalue weighted by Crippen LogP contribution is -2.51. The number of likely N-dealkylation sites (N-methyl/N-ethyl adjacent to an activating group) is 1. The number of aliphatic hydroxyl groups excluding tert-OH is 1. The summed E-state index contributed by atoms with van der Waals surface area (Å²) < 4.78 is 0. The quantitative estimate of drug-likeness (QED) is 0.849. The summed E-state index contributed by atoms with van der Waals surface area (Å²) >= 11 is 0. The topological polar surface area (TPSA) is 72.8 Å². The van der Waals surface area contributed by atoms with Gasteiger partial charge in [-0.05, 0) is 43.6 Å².